The van der Waals surface area contributed by atoms with Gasteiger partial charge in [-0.1, -0.05) is 436 Å². The van der Waals surface area contributed by atoms with Gasteiger partial charge in [0.1, 0.15) is 12.2 Å². The van der Waals surface area contributed by atoms with Gasteiger partial charge in [0.15, 0.2) is 11.6 Å². The summed E-state index contributed by atoms with van der Waals surface area (Å²) in [5, 5.41) is 59.3. The summed E-state index contributed by atoms with van der Waals surface area (Å²) >= 11 is 0. The molecule has 0 aromatic rings. The molecule has 0 bridgehead atoms. The number of carbonyl (C=O) groups excluding carboxylic acids is 2. The summed E-state index contributed by atoms with van der Waals surface area (Å²) in [4.78, 5) is 23.8. The van der Waals surface area contributed by atoms with E-state index >= 15 is 0 Å². The molecule has 7 atom stereocenters. The molecule has 656 valence electrons. The van der Waals surface area contributed by atoms with Crippen molar-refractivity contribution in [1.29, 1.82) is 0 Å². The van der Waals surface area contributed by atoms with E-state index in [1.807, 2.05) is 134 Å². The number of aliphatic hydroxyl groups is 6. The summed E-state index contributed by atoms with van der Waals surface area (Å²) in [7, 11) is 0. The highest BCUT2D eigenvalue weighted by Gasteiger charge is 2.36. The van der Waals surface area contributed by atoms with Crippen molar-refractivity contribution >= 4 is 11.6 Å². The van der Waals surface area contributed by atoms with E-state index < -0.39 is 12.2 Å². The van der Waals surface area contributed by atoms with Crippen molar-refractivity contribution in [1.82, 2.24) is 0 Å². The second kappa shape index (κ2) is 51.6. The van der Waals surface area contributed by atoms with Crippen LogP contribution in [0.3, 0.4) is 0 Å². The molecule has 8 nitrogen and oxygen atoms in total. The molecule has 0 saturated carbocycles. The fourth-order valence-electron chi connectivity index (χ4n) is 14.7. The van der Waals surface area contributed by atoms with Crippen LogP contribution >= 0.6 is 0 Å². The molecule has 0 heterocycles. The number of aliphatic hydroxyl groups excluding tert-OH is 6. The molecule has 0 aliphatic heterocycles. The van der Waals surface area contributed by atoms with E-state index in [0.717, 1.165) is 78.4 Å². The van der Waals surface area contributed by atoms with Crippen molar-refractivity contribution in [2.45, 2.75) is 261 Å². The van der Waals surface area contributed by atoms with Gasteiger partial charge in [-0.05, 0) is 213 Å². The molecule has 0 aromatic heterocycles. The molecule has 6 aliphatic carbocycles. The summed E-state index contributed by atoms with van der Waals surface area (Å²) in [6.45, 7) is 50.8. The lowest BCUT2D eigenvalue weighted by atomic mass is 9.71. The van der Waals surface area contributed by atoms with Gasteiger partial charge in [0.05, 0.1) is 24.4 Å². The van der Waals surface area contributed by atoms with Crippen LogP contribution in [0.5, 0.6) is 0 Å². The molecule has 6 rings (SSSR count). The van der Waals surface area contributed by atoms with Gasteiger partial charge in [-0.15, -0.1) is 0 Å². The standard InChI is InChI=1S/C38H48O4.2C38H52O2/c1-27(15-11-17-29(3)19-21-31-23-33(39)35(41)25-37(31,5)6)13-9-10-14-28(2)16-12-18-30(4)20-22-32-24-34(40)36(42)26-38(32,7)8;2*1-29(15-11-17-31(3)19-21-33-23-25-35(39)27-37(33,5)6)13-9-10-14-30(2)16-12-18-32(4)20-22-34-24-26-36(40)28-38(34,7)8/h9-24,35-36,41-42H,25-26H2,1-8H3;9-24,35-36,39-40H,25-28H2,1-8H3;9-25,33,35-36,39-40H,26-28H2,1-8H3/b10-9+,15-11+,16-12+,21-19+,22-20+,27-13+,28-14+,29-17+,30-18+;2*10-9+,15-11+,16-12+,21-19+,22-20+,29-13+,30-14+,31-17+,32-18+/t2*35-,36+;33?,35-,36+/m..1/s1. The Hall–Kier alpha value is -9.48. The number of allylic oxidation sites excluding steroid dienone is 60. The lowest BCUT2D eigenvalue weighted by molar-refractivity contribution is -0.125. The molecule has 0 spiro atoms. The second-order valence-corrected chi connectivity index (χ2v) is 38.1. The SMILES string of the molecule is CC(/C=C/C=C(C)/C=C/C1=CC(=O)[C@H](O)CC1(C)C)=C\C=C\C=C(C)\C=C\C=C(C)\C=C\C1=CC(=O)[C@@H](O)CC1(C)C.CC(/C=C/C=C(C)/C=C/C1=CC[C@@H](O)CC1(C)C)=C\C=C\C=C(C)\C=C\C=C(C)\C=C\C1=CC[C@H](O)CC1(C)C.CC(/C=C/C=C(C)/C=C/C1=CC[C@H](O)CC1(C)C)=C\C=C\C=C(C)\C=C\C=C(C)\C=C\C1C=C[C@@H](O)CC1(C)C. The molecule has 6 aliphatic rings. The van der Waals surface area contributed by atoms with Gasteiger partial charge in [-0.25, -0.2) is 0 Å². The Balaban J connectivity index is 0.000000384. The highest BCUT2D eigenvalue weighted by atomic mass is 16.3. The summed E-state index contributed by atoms with van der Waals surface area (Å²) in [6.07, 6.45) is 105. The van der Waals surface area contributed by atoms with E-state index in [9.17, 15) is 40.2 Å². The zero-order valence-corrected chi connectivity index (χ0v) is 78.7. The molecule has 0 aromatic carbocycles. The Morgan fingerprint density at radius 1 is 0.270 bits per heavy atom. The third kappa shape index (κ3) is 41.1. The fourth-order valence-corrected chi connectivity index (χ4v) is 14.7. The van der Waals surface area contributed by atoms with Gasteiger partial charge < -0.3 is 30.6 Å². The Kier molecular flexibility index (Phi) is 44.3. The molecule has 6 N–H and O–H groups in total. The molecule has 8 heteroatoms. The first-order chi connectivity index (χ1) is 57.2. The van der Waals surface area contributed by atoms with E-state index in [2.05, 4.69) is 317 Å². The largest absolute Gasteiger partial charge is 0.393 e. The zero-order chi connectivity index (χ0) is 91.0. The van der Waals surface area contributed by atoms with Gasteiger partial charge in [-0.3, -0.25) is 9.59 Å². The third-order valence-corrected chi connectivity index (χ3v) is 22.8. The van der Waals surface area contributed by atoms with Crippen LogP contribution in [0.25, 0.3) is 0 Å². The second-order valence-electron chi connectivity index (χ2n) is 38.1. The summed E-state index contributed by atoms with van der Waals surface area (Å²) < 4.78 is 0. The first-order valence-electron chi connectivity index (χ1n) is 43.8. The maximum atomic E-state index is 11.9. The number of ketones is 2. The van der Waals surface area contributed by atoms with Crippen molar-refractivity contribution in [2.24, 2.45) is 38.4 Å². The van der Waals surface area contributed by atoms with Gasteiger partial charge >= 0.3 is 0 Å². The normalized spacial score (nSPS) is 25.5. The smallest absolute Gasteiger partial charge is 0.184 e. The minimum absolute atomic E-state index is 0.0158. The van der Waals surface area contributed by atoms with Crippen molar-refractivity contribution in [3.05, 3.63) is 392 Å². The number of hydrogen-bond donors (Lipinski definition) is 6. The molecule has 1 unspecified atom stereocenters. The van der Waals surface area contributed by atoms with Crippen LogP contribution in [0, 0.1) is 38.4 Å². The van der Waals surface area contributed by atoms with Crippen LogP contribution in [-0.4, -0.2) is 78.8 Å². The van der Waals surface area contributed by atoms with Crippen LogP contribution in [0.15, 0.2) is 392 Å². The van der Waals surface area contributed by atoms with Crippen molar-refractivity contribution in [2.75, 3.05) is 0 Å². The first kappa shape index (κ1) is 105. The van der Waals surface area contributed by atoms with Crippen molar-refractivity contribution in [3.8, 4) is 0 Å². The highest BCUT2D eigenvalue weighted by Crippen LogP contribution is 2.43. The van der Waals surface area contributed by atoms with Gasteiger partial charge in [-0.2, -0.15) is 0 Å². The molecule has 122 heavy (non-hydrogen) atoms. The predicted molar refractivity (Wildman–Crippen MR) is 526 cm³/mol. The zero-order valence-electron chi connectivity index (χ0n) is 78.7. The minimum Gasteiger partial charge on any atom is -0.393 e. The summed E-state index contributed by atoms with van der Waals surface area (Å²) in [6, 6.07) is 0. The number of hydrogen-bond acceptors (Lipinski definition) is 8. The minimum atomic E-state index is -0.901. The number of rotatable bonds is 30. The molecule has 0 amide bonds. The molecule has 0 fully saturated rings. The van der Waals surface area contributed by atoms with E-state index in [-0.39, 0.29) is 68.5 Å². The molecular weight excluding hydrogens is 1500 g/mol. The van der Waals surface area contributed by atoms with Gasteiger partial charge in [0.25, 0.3) is 0 Å². The topological polar surface area (TPSA) is 156 Å². The average molecular weight is 1650 g/mol. The maximum absolute atomic E-state index is 11.9. The van der Waals surface area contributed by atoms with E-state index in [4.69, 9.17) is 0 Å². The van der Waals surface area contributed by atoms with Gasteiger partial charge in [0.2, 0.25) is 0 Å². The Labute approximate surface area is 738 Å². The van der Waals surface area contributed by atoms with Crippen LogP contribution in [0.2, 0.25) is 0 Å². The van der Waals surface area contributed by atoms with Crippen LogP contribution < -0.4 is 0 Å². The molecule has 0 saturated heterocycles. The Bertz CT molecular complexity index is 4470. The van der Waals surface area contributed by atoms with E-state index in [1.54, 1.807) is 12.2 Å². The predicted octanol–water partition coefficient (Wildman–Crippen LogP) is 27.5. The highest BCUT2D eigenvalue weighted by molar-refractivity contribution is 5.96. The van der Waals surface area contributed by atoms with E-state index in [1.165, 1.54) is 61.3 Å². The van der Waals surface area contributed by atoms with Gasteiger partial charge in [0, 0.05) is 5.92 Å². The fraction of sp³-hybridized carbons (Fsp3) is 0.404. The van der Waals surface area contributed by atoms with E-state index in [0.29, 0.717) is 18.8 Å². The van der Waals surface area contributed by atoms with Crippen molar-refractivity contribution < 1.29 is 40.2 Å². The third-order valence-electron chi connectivity index (χ3n) is 22.8. The van der Waals surface area contributed by atoms with Crippen molar-refractivity contribution in [3.63, 3.8) is 0 Å². The summed E-state index contributed by atoms with van der Waals surface area (Å²) in [5.41, 5.74) is 19.3. The average Bonchev–Trinajstić information content (AvgIpc) is 0.802. The number of carbonyl (C=O) groups is 2. The molecule has 0 radical (unpaired) electrons. The first-order valence-corrected chi connectivity index (χ1v) is 43.8. The summed E-state index contributed by atoms with van der Waals surface area (Å²) in [5.74, 6) is -0.103. The Morgan fingerprint density at radius 3 is 0.721 bits per heavy atom. The van der Waals surface area contributed by atoms with Crippen LogP contribution in [-0.2, 0) is 9.59 Å². The lowest BCUT2D eigenvalue weighted by Gasteiger charge is -2.35. The molecular formula is C114H152O8. The lowest BCUT2D eigenvalue weighted by Crippen LogP contribution is -2.32. The quantitative estimate of drug-likeness (QED) is 0.0307. The van der Waals surface area contributed by atoms with Crippen LogP contribution in [0.1, 0.15) is 224 Å². The van der Waals surface area contributed by atoms with Crippen LogP contribution in [0.4, 0.5) is 0 Å². The maximum Gasteiger partial charge on any atom is 0.184 e. The Morgan fingerprint density at radius 2 is 0.484 bits per heavy atom. The monoisotopic (exact) mass is 1650 g/mol.